The van der Waals surface area contributed by atoms with E-state index in [2.05, 4.69) is 70.7 Å². The number of aliphatic hydroxyl groups excluding tert-OH is 6. The Hall–Kier alpha value is -9.13. The van der Waals surface area contributed by atoms with Gasteiger partial charge in [-0.15, -0.1) is 0 Å². The van der Waals surface area contributed by atoms with Crippen LogP contribution in [0.25, 0.3) is 0 Å². The maximum atomic E-state index is 14.3. The van der Waals surface area contributed by atoms with Crippen LogP contribution in [-0.4, -0.2) is 158 Å². The molecule has 2 fully saturated rings. The van der Waals surface area contributed by atoms with Crippen molar-refractivity contribution in [1.82, 2.24) is 16.0 Å². The monoisotopic (exact) mass is 1390 g/mol. The van der Waals surface area contributed by atoms with Crippen molar-refractivity contribution in [2.75, 3.05) is 46.2 Å². The zero-order valence-corrected chi connectivity index (χ0v) is 59.8. The zero-order chi connectivity index (χ0) is 72.9. The number of aliphatic imine (C=N–C) groups is 6. The minimum atomic E-state index is -1.30. The standard InChI is InChI=1S/C80H93N9O13/c1-13-48-37(5)56-24-60-41(9)52(77(86-60)54-22-69(95)75-43(11)62(88-79(54)75)28-66-50(15-3)39(7)58(83-66)26-64(48)81-56)18-17-46(94)21-45(30-90)71(32-92)101-34-47(100-36-74(98)99)35-102-72(33-93)68(31-91)85-73(97)20-19-53-42(10)61-25-57-38(6)49(14-2)65(82-57)27-59-40(8)51(16-4)67(84-59)29-63-44(12)76-70(96)23-55(78(53)87-61)80(76)89-63/h13-14,24-29,41-42,45,47,52-53,68,71-72,86-87,90-93,95-96H,1-2,15-23,30-36H2,3-12H3,(H,85,97)(H,98,99)/t41-,42-,45?,47?,52?,53?,68?,71?,72?/m0/s1. The number of nitrogens with one attached hydrogen (secondary N) is 3. The van der Waals surface area contributed by atoms with Crippen LogP contribution in [0.15, 0.2) is 238 Å². The van der Waals surface area contributed by atoms with Crippen LogP contribution in [0.3, 0.4) is 0 Å². The summed E-state index contributed by atoms with van der Waals surface area (Å²) in [4.78, 5) is 71.1. The number of hydrogen-bond donors (Lipinski definition) is 10. The summed E-state index contributed by atoms with van der Waals surface area (Å²) in [5.74, 6) is -3.29. The predicted molar refractivity (Wildman–Crippen MR) is 393 cm³/mol. The highest BCUT2D eigenvalue weighted by Gasteiger charge is 2.44. The summed E-state index contributed by atoms with van der Waals surface area (Å²) in [7, 11) is 0. The second-order valence-electron chi connectivity index (χ2n) is 28.0. The van der Waals surface area contributed by atoms with E-state index >= 15 is 0 Å². The van der Waals surface area contributed by atoms with E-state index in [1.807, 2.05) is 76.3 Å². The lowest BCUT2D eigenvalue weighted by molar-refractivity contribution is -0.154. The molecule has 0 saturated carbocycles. The Kier molecular flexibility index (Phi) is 21.4. The SMILES string of the molecule is C=CC1=C(C)C2=NC1=CC1=NC(=CC3=C(C)C4=C(O)CC(=C5NC(=C2)[C@@H](C)C5CCC(=O)CC(CO)C(CO)OCC(COC(CO)C(CO)NC(=O)CCC2C5=C6CC(O)=C7C6=NC(=C7C)C=C6N=C(C=C7N=C(C=C(N5)[C@H]2C)C(C)=C7C=C)C(C)=C6CC)OCC(=O)O)C4=N3)C(CC)=C1C. The maximum absolute atomic E-state index is 14.3. The van der Waals surface area contributed by atoms with Gasteiger partial charge in [0.05, 0.1) is 114 Å². The highest BCUT2D eigenvalue weighted by molar-refractivity contribution is 6.23. The number of ketones is 1. The molecule has 2 saturated heterocycles. The van der Waals surface area contributed by atoms with Crippen LogP contribution >= 0.6 is 0 Å². The first-order chi connectivity index (χ1) is 49.0. The van der Waals surface area contributed by atoms with Crippen molar-refractivity contribution in [2.45, 2.75) is 151 Å². The molecular formula is C80H93N9O13. The van der Waals surface area contributed by atoms with E-state index in [1.54, 1.807) is 0 Å². The third kappa shape index (κ3) is 13.7. The molecular weight excluding hydrogens is 1290 g/mol. The Labute approximate surface area is 594 Å². The van der Waals surface area contributed by atoms with Gasteiger partial charge in [-0.3, -0.25) is 9.59 Å². The number of fused-ring (bicyclic) bond motifs is 10. The third-order valence-electron chi connectivity index (χ3n) is 22.1. The van der Waals surface area contributed by atoms with Gasteiger partial charge in [0.25, 0.3) is 0 Å². The normalized spacial score (nSPS) is 24.2. The van der Waals surface area contributed by atoms with E-state index in [9.17, 15) is 50.1 Å². The summed E-state index contributed by atoms with van der Waals surface area (Å²) in [5, 5.41) is 86.3. The molecule has 10 heterocycles. The lowest BCUT2D eigenvalue weighted by Crippen LogP contribution is -2.49. The van der Waals surface area contributed by atoms with Gasteiger partial charge in [-0.2, -0.15) is 0 Å². The number of carbonyl (C=O) groups excluding carboxylic acids is 2. The van der Waals surface area contributed by atoms with Gasteiger partial charge in [-0.1, -0.05) is 53.0 Å². The molecule has 10 aliphatic heterocycles. The first-order valence-corrected chi connectivity index (χ1v) is 35.5. The molecule has 0 radical (unpaired) electrons. The Morgan fingerprint density at radius 2 is 1.03 bits per heavy atom. The first-order valence-electron chi connectivity index (χ1n) is 35.5. The molecule has 1 amide bonds. The van der Waals surface area contributed by atoms with Gasteiger partial charge in [-0.25, -0.2) is 34.7 Å². The smallest absolute Gasteiger partial charge is 0.329 e. The van der Waals surface area contributed by atoms with Crippen LogP contribution in [0.4, 0.5) is 0 Å². The molecule has 2 aliphatic carbocycles. The molecule has 0 aromatic rings. The predicted octanol–water partition coefficient (Wildman–Crippen LogP) is 10.5. The molecule has 0 aromatic heterocycles. The van der Waals surface area contributed by atoms with Crippen LogP contribution in [0.5, 0.6) is 0 Å². The minimum absolute atomic E-state index is 0.0257. The molecule has 102 heavy (non-hydrogen) atoms. The molecule has 0 aromatic carbocycles. The van der Waals surface area contributed by atoms with Crippen molar-refractivity contribution >= 4 is 51.9 Å². The number of aliphatic hydroxyl groups is 6. The maximum Gasteiger partial charge on any atom is 0.329 e. The number of amides is 1. The van der Waals surface area contributed by atoms with Crippen molar-refractivity contribution < 1.29 is 64.3 Å². The van der Waals surface area contributed by atoms with Crippen LogP contribution in [0.2, 0.25) is 0 Å². The molecule has 536 valence electrons. The van der Waals surface area contributed by atoms with Gasteiger partial charge in [0.2, 0.25) is 5.91 Å². The van der Waals surface area contributed by atoms with Crippen LogP contribution in [-0.2, 0) is 28.6 Å². The largest absolute Gasteiger partial charge is 0.511 e. The highest BCUT2D eigenvalue weighted by atomic mass is 16.6. The fourth-order valence-corrected chi connectivity index (χ4v) is 16.0. The summed E-state index contributed by atoms with van der Waals surface area (Å²) in [5.41, 5.74) is 25.0. The van der Waals surface area contributed by atoms with E-state index in [4.69, 9.17) is 44.2 Å². The van der Waals surface area contributed by atoms with Gasteiger partial charge in [0.15, 0.2) is 0 Å². The molecule has 0 spiro atoms. The molecule has 12 rings (SSSR count). The molecule has 7 unspecified atom stereocenters. The second kappa shape index (κ2) is 30.1. The van der Waals surface area contributed by atoms with Gasteiger partial charge >= 0.3 is 5.97 Å². The number of hydrogen-bond acceptors (Lipinski definition) is 20. The van der Waals surface area contributed by atoms with Gasteiger partial charge in [-0.05, 0) is 148 Å². The summed E-state index contributed by atoms with van der Waals surface area (Å²) in [6.07, 6.45) is 14.7. The number of nitrogens with zero attached hydrogens (tertiary/aromatic N) is 6. The van der Waals surface area contributed by atoms with E-state index in [1.165, 1.54) is 0 Å². The Morgan fingerprint density at radius 3 is 1.46 bits per heavy atom. The number of Topliss-reactive ketones (excluding diaryl/α,β-unsaturated/α-hetero) is 1. The molecule has 9 atom stereocenters. The van der Waals surface area contributed by atoms with Gasteiger partial charge < -0.3 is 65.9 Å². The van der Waals surface area contributed by atoms with Crippen LogP contribution in [0.1, 0.15) is 127 Å². The molecule has 12 aliphatic rings. The lowest BCUT2D eigenvalue weighted by Gasteiger charge is -2.29. The van der Waals surface area contributed by atoms with Crippen LogP contribution < -0.4 is 16.0 Å². The summed E-state index contributed by atoms with van der Waals surface area (Å²) in [6.45, 7) is 24.7. The Morgan fingerprint density at radius 1 is 0.578 bits per heavy atom. The average molecular weight is 1390 g/mol. The Bertz CT molecular complexity index is 4190. The van der Waals surface area contributed by atoms with Crippen molar-refractivity contribution in [2.24, 2.45) is 59.5 Å². The zero-order valence-electron chi connectivity index (χ0n) is 59.8. The number of rotatable bonds is 28. The Balaban J connectivity index is 0.707. The van der Waals surface area contributed by atoms with Crippen molar-refractivity contribution in [3.63, 3.8) is 0 Å². The van der Waals surface area contributed by atoms with Gasteiger partial charge in [0.1, 0.15) is 36.1 Å². The molecule has 16 bridgehead atoms. The molecule has 10 N–H and O–H groups in total. The number of ether oxygens (including phenoxy) is 3. The molecule has 22 heteroatoms. The van der Waals surface area contributed by atoms with Crippen molar-refractivity contribution in [1.29, 1.82) is 0 Å². The van der Waals surface area contributed by atoms with E-state index < -0.39 is 81.8 Å². The van der Waals surface area contributed by atoms with Crippen molar-refractivity contribution in [3.05, 3.63) is 208 Å². The topological polar surface area (TPSA) is 331 Å². The molecule has 22 nitrogen and oxygen atoms in total. The number of allylic oxidation sites excluding steroid dienone is 24. The fourth-order valence-electron chi connectivity index (χ4n) is 16.0. The minimum Gasteiger partial charge on any atom is -0.511 e. The van der Waals surface area contributed by atoms with Crippen LogP contribution in [0, 0.1) is 29.6 Å². The number of carbonyl (C=O) groups is 3. The third-order valence-corrected chi connectivity index (χ3v) is 22.1. The van der Waals surface area contributed by atoms with E-state index in [0.29, 0.717) is 46.8 Å². The first kappa shape index (κ1) is 72.7. The number of aliphatic carboxylic acids is 1. The van der Waals surface area contributed by atoms with E-state index in [0.717, 1.165) is 148 Å². The summed E-state index contributed by atoms with van der Waals surface area (Å²) in [6, 6.07) is -1.14. The van der Waals surface area contributed by atoms with Gasteiger partial charge in [0, 0.05) is 125 Å². The summed E-state index contributed by atoms with van der Waals surface area (Å²) < 4.78 is 17.9. The second-order valence-corrected chi connectivity index (χ2v) is 28.0. The fraction of sp³-hybridized carbons (Fsp3) is 0.438. The van der Waals surface area contributed by atoms with E-state index in [-0.39, 0.29) is 79.7 Å². The number of carboxylic acid groups (broad SMARTS) is 1. The average Bonchev–Trinajstić information content (AvgIpc) is 1.59. The van der Waals surface area contributed by atoms with Crippen molar-refractivity contribution in [3.8, 4) is 0 Å². The quantitative estimate of drug-likeness (QED) is 0.0348. The summed E-state index contributed by atoms with van der Waals surface area (Å²) >= 11 is 0. The highest BCUT2D eigenvalue weighted by Crippen LogP contribution is 2.49. The number of carboxylic acids is 1. The lowest BCUT2D eigenvalue weighted by atomic mass is 9.84.